The molecule has 4 heteroatoms. The van der Waals surface area contributed by atoms with Gasteiger partial charge in [0.1, 0.15) is 0 Å². The standard InChI is InChI=1S/C13H15ClN2S/c1-9-5-6-17-13(9)8-16(2)12-7-10(14)3-4-11(12)15/h3-7H,8,15H2,1-2H3. The Labute approximate surface area is 111 Å². The van der Waals surface area contributed by atoms with Crippen molar-refractivity contribution in [3.63, 3.8) is 0 Å². The van der Waals surface area contributed by atoms with Crippen LogP contribution in [-0.4, -0.2) is 7.05 Å². The van der Waals surface area contributed by atoms with Gasteiger partial charge in [-0.3, -0.25) is 0 Å². The van der Waals surface area contributed by atoms with E-state index in [0.29, 0.717) is 5.02 Å². The zero-order valence-corrected chi connectivity index (χ0v) is 11.5. The maximum absolute atomic E-state index is 5.99. The van der Waals surface area contributed by atoms with E-state index in [2.05, 4.69) is 23.3 Å². The summed E-state index contributed by atoms with van der Waals surface area (Å²) in [6.07, 6.45) is 0. The van der Waals surface area contributed by atoms with Crippen LogP contribution in [0.3, 0.4) is 0 Å². The quantitative estimate of drug-likeness (QED) is 0.853. The maximum Gasteiger partial charge on any atom is 0.0615 e. The SMILES string of the molecule is Cc1ccsc1CN(C)c1cc(Cl)ccc1N. The number of thiophene rings is 1. The van der Waals surface area contributed by atoms with E-state index in [1.165, 1.54) is 10.4 Å². The van der Waals surface area contributed by atoms with E-state index in [4.69, 9.17) is 17.3 Å². The fourth-order valence-electron chi connectivity index (χ4n) is 1.71. The largest absolute Gasteiger partial charge is 0.397 e. The number of aryl methyl sites for hydroxylation is 1. The molecule has 2 aromatic rings. The Morgan fingerprint density at radius 2 is 2.12 bits per heavy atom. The van der Waals surface area contributed by atoms with E-state index in [-0.39, 0.29) is 0 Å². The second-order valence-corrected chi connectivity index (χ2v) is 5.52. The van der Waals surface area contributed by atoms with Crippen molar-refractivity contribution in [2.75, 3.05) is 17.7 Å². The van der Waals surface area contributed by atoms with E-state index in [1.54, 1.807) is 11.3 Å². The lowest BCUT2D eigenvalue weighted by molar-refractivity contribution is 0.935. The van der Waals surface area contributed by atoms with Gasteiger partial charge in [-0.1, -0.05) is 11.6 Å². The molecule has 0 aliphatic heterocycles. The topological polar surface area (TPSA) is 29.3 Å². The molecule has 2 N–H and O–H groups in total. The van der Waals surface area contributed by atoms with Crippen molar-refractivity contribution in [1.29, 1.82) is 0 Å². The van der Waals surface area contributed by atoms with Gasteiger partial charge < -0.3 is 10.6 Å². The first kappa shape index (κ1) is 12.3. The molecule has 90 valence electrons. The van der Waals surface area contributed by atoms with Crippen LogP contribution in [0.15, 0.2) is 29.6 Å². The first-order chi connectivity index (χ1) is 8.08. The van der Waals surface area contributed by atoms with Gasteiger partial charge in [0, 0.05) is 16.9 Å². The van der Waals surface area contributed by atoms with Crippen LogP contribution < -0.4 is 10.6 Å². The molecule has 0 saturated carbocycles. The minimum atomic E-state index is 0.712. The van der Waals surface area contributed by atoms with Crippen LogP contribution in [0.1, 0.15) is 10.4 Å². The zero-order chi connectivity index (χ0) is 12.4. The van der Waals surface area contributed by atoms with Crippen molar-refractivity contribution >= 4 is 34.3 Å². The van der Waals surface area contributed by atoms with Crippen LogP contribution in [0.5, 0.6) is 0 Å². The summed E-state index contributed by atoms with van der Waals surface area (Å²) in [5.41, 5.74) is 9.01. The molecule has 0 fully saturated rings. The molecular formula is C13H15ClN2S. The summed E-state index contributed by atoms with van der Waals surface area (Å²) < 4.78 is 0. The Balaban J connectivity index is 2.23. The molecule has 17 heavy (non-hydrogen) atoms. The van der Waals surface area contributed by atoms with Gasteiger partial charge >= 0.3 is 0 Å². The Hall–Kier alpha value is -1.19. The minimum absolute atomic E-state index is 0.712. The number of nitrogens with two attached hydrogens (primary N) is 1. The summed E-state index contributed by atoms with van der Waals surface area (Å²) in [6, 6.07) is 7.69. The fraction of sp³-hybridized carbons (Fsp3) is 0.231. The Bertz CT molecular complexity index is 522. The molecule has 0 aliphatic carbocycles. The molecule has 0 radical (unpaired) electrons. The molecule has 2 rings (SSSR count). The van der Waals surface area contributed by atoms with Crippen molar-refractivity contribution in [1.82, 2.24) is 0 Å². The lowest BCUT2D eigenvalue weighted by Crippen LogP contribution is -2.17. The molecule has 0 unspecified atom stereocenters. The van der Waals surface area contributed by atoms with Crippen LogP contribution in [-0.2, 0) is 6.54 Å². The molecule has 0 spiro atoms. The maximum atomic E-state index is 5.99. The molecule has 0 atom stereocenters. The average molecular weight is 267 g/mol. The summed E-state index contributed by atoms with van der Waals surface area (Å²) in [6.45, 7) is 2.98. The second-order valence-electron chi connectivity index (χ2n) is 4.09. The van der Waals surface area contributed by atoms with E-state index >= 15 is 0 Å². The third-order valence-corrected chi connectivity index (χ3v) is 4.00. The van der Waals surface area contributed by atoms with Gasteiger partial charge in [-0.2, -0.15) is 0 Å². The smallest absolute Gasteiger partial charge is 0.0615 e. The third kappa shape index (κ3) is 2.73. The lowest BCUT2D eigenvalue weighted by Gasteiger charge is -2.21. The van der Waals surface area contributed by atoms with E-state index in [9.17, 15) is 0 Å². The van der Waals surface area contributed by atoms with Crippen molar-refractivity contribution < 1.29 is 0 Å². The summed E-state index contributed by atoms with van der Waals surface area (Å²) in [7, 11) is 2.03. The number of rotatable bonds is 3. The highest BCUT2D eigenvalue weighted by atomic mass is 35.5. The van der Waals surface area contributed by atoms with Crippen LogP contribution in [0.2, 0.25) is 5.02 Å². The number of nitrogens with zero attached hydrogens (tertiary/aromatic N) is 1. The minimum Gasteiger partial charge on any atom is -0.397 e. The molecule has 0 bridgehead atoms. The summed E-state index contributed by atoms with van der Waals surface area (Å²) >= 11 is 7.76. The van der Waals surface area contributed by atoms with E-state index < -0.39 is 0 Å². The van der Waals surface area contributed by atoms with Crippen molar-refractivity contribution in [3.05, 3.63) is 45.1 Å². The second kappa shape index (κ2) is 4.98. The number of hydrogen-bond donors (Lipinski definition) is 1. The molecule has 1 aromatic heterocycles. The molecule has 0 saturated heterocycles. The lowest BCUT2D eigenvalue weighted by atomic mass is 10.2. The van der Waals surface area contributed by atoms with Gasteiger partial charge in [0.05, 0.1) is 17.9 Å². The highest BCUT2D eigenvalue weighted by Crippen LogP contribution is 2.28. The summed E-state index contributed by atoms with van der Waals surface area (Å²) in [4.78, 5) is 3.48. The third-order valence-electron chi connectivity index (χ3n) is 2.75. The van der Waals surface area contributed by atoms with Crippen LogP contribution in [0, 0.1) is 6.92 Å². The summed E-state index contributed by atoms with van der Waals surface area (Å²) in [5, 5.41) is 2.82. The summed E-state index contributed by atoms with van der Waals surface area (Å²) in [5.74, 6) is 0. The van der Waals surface area contributed by atoms with E-state index in [0.717, 1.165) is 17.9 Å². The molecule has 2 nitrogen and oxygen atoms in total. The Morgan fingerprint density at radius 3 is 2.76 bits per heavy atom. The molecule has 0 amide bonds. The van der Waals surface area contributed by atoms with Crippen molar-refractivity contribution in [2.45, 2.75) is 13.5 Å². The van der Waals surface area contributed by atoms with Gasteiger partial charge in [0.2, 0.25) is 0 Å². The number of hydrogen-bond acceptors (Lipinski definition) is 3. The number of halogens is 1. The van der Waals surface area contributed by atoms with Gasteiger partial charge in [0.25, 0.3) is 0 Å². The Kier molecular flexibility index (Phi) is 3.60. The van der Waals surface area contributed by atoms with Crippen LogP contribution in [0.4, 0.5) is 11.4 Å². The Morgan fingerprint density at radius 1 is 1.35 bits per heavy atom. The van der Waals surface area contributed by atoms with Crippen LogP contribution in [0.25, 0.3) is 0 Å². The predicted molar refractivity (Wildman–Crippen MR) is 77.0 cm³/mol. The zero-order valence-electron chi connectivity index (χ0n) is 9.90. The van der Waals surface area contributed by atoms with Gasteiger partial charge in [0.15, 0.2) is 0 Å². The number of nitrogen functional groups attached to an aromatic ring is 1. The van der Waals surface area contributed by atoms with Crippen molar-refractivity contribution in [2.24, 2.45) is 0 Å². The first-order valence-corrected chi connectivity index (χ1v) is 6.63. The predicted octanol–water partition coefficient (Wildman–Crippen LogP) is 3.93. The first-order valence-electron chi connectivity index (χ1n) is 5.37. The van der Waals surface area contributed by atoms with Gasteiger partial charge in [-0.25, -0.2) is 0 Å². The van der Waals surface area contributed by atoms with Gasteiger partial charge in [-0.05, 0) is 42.1 Å². The fourth-order valence-corrected chi connectivity index (χ4v) is 2.84. The van der Waals surface area contributed by atoms with Gasteiger partial charge in [-0.15, -0.1) is 11.3 Å². The normalized spacial score (nSPS) is 10.5. The molecular weight excluding hydrogens is 252 g/mol. The van der Waals surface area contributed by atoms with Crippen LogP contribution >= 0.6 is 22.9 Å². The highest BCUT2D eigenvalue weighted by Gasteiger charge is 2.09. The monoisotopic (exact) mass is 266 g/mol. The van der Waals surface area contributed by atoms with Crippen molar-refractivity contribution in [3.8, 4) is 0 Å². The number of anilines is 2. The molecule has 1 heterocycles. The van der Waals surface area contributed by atoms with E-state index in [1.807, 2.05) is 25.2 Å². The average Bonchev–Trinajstić information content (AvgIpc) is 2.68. The molecule has 0 aliphatic rings. The molecule has 1 aromatic carbocycles. The number of benzene rings is 1. The highest BCUT2D eigenvalue weighted by molar-refractivity contribution is 7.10.